The number of benzene rings is 1. The van der Waals surface area contributed by atoms with Crippen molar-refractivity contribution in [3.05, 3.63) is 29.8 Å². The average molecular weight is 259 g/mol. The summed E-state index contributed by atoms with van der Waals surface area (Å²) in [4.78, 5) is 0. The third kappa shape index (κ3) is 3.50. The first-order valence-corrected chi connectivity index (χ1v) is 7.83. The largest absolute Gasteiger partial charge is 0.490 e. The number of hydrogen-bond donors (Lipinski definition) is 1. The molecule has 1 N–H and O–H groups in total. The van der Waals surface area contributed by atoms with Crippen molar-refractivity contribution in [2.75, 3.05) is 6.54 Å². The van der Waals surface area contributed by atoms with Crippen LogP contribution in [0.4, 0.5) is 0 Å². The lowest BCUT2D eigenvalue weighted by Gasteiger charge is -2.20. The van der Waals surface area contributed by atoms with E-state index in [2.05, 4.69) is 36.5 Å². The molecule has 0 amide bonds. The van der Waals surface area contributed by atoms with E-state index in [-0.39, 0.29) is 0 Å². The molecule has 0 aromatic heterocycles. The summed E-state index contributed by atoms with van der Waals surface area (Å²) in [7, 11) is 0. The molecule has 1 heterocycles. The molecular weight excluding hydrogens is 234 g/mol. The first-order valence-electron chi connectivity index (χ1n) is 7.83. The SMILES string of the molecule is CCCC(CNC1CC1)CC1Cc2ccccc2O1. The molecule has 2 unspecified atom stereocenters. The Kier molecular flexibility index (Phi) is 4.07. The smallest absolute Gasteiger partial charge is 0.123 e. The normalized spacial score (nSPS) is 22.9. The lowest BCUT2D eigenvalue weighted by atomic mass is 9.94. The summed E-state index contributed by atoms with van der Waals surface area (Å²) in [5.41, 5.74) is 1.39. The molecule has 1 aliphatic carbocycles. The van der Waals surface area contributed by atoms with Gasteiger partial charge in [-0.3, -0.25) is 0 Å². The molecule has 2 nitrogen and oxygen atoms in total. The maximum Gasteiger partial charge on any atom is 0.123 e. The van der Waals surface area contributed by atoms with Gasteiger partial charge in [0.1, 0.15) is 11.9 Å². The van der Waals surface area contributed by atoms with E-state index in [1.165, 1.54) is 44.2 Å². The van der Waals surface area contributed by atoms with Crippen molar-refractivity contribution in [2.45, 2.75) is 57.6 Å². The van der Waals surface area contributed by atoms with Crippen molar-refractivity contribution < 1.29 is 4.74 Å². The molecule has 1 fully saturated rings. The van der Waals surface area contributed by atoms with Gasteiger partial charge in [-0.1, -0.05) is 31.5 Å². The van der Waals surface area contributed by atoms with Crippen molar-refractivity contribution in [1.29, 1.82) is 0 Å². The number of hydrogen-bond acceptors (Lipinski definition) is 2. The van der Waals surface area contributed by atoms with Crippen LogP contribution in [0.1, 0.15) is 44.6 Å². The summed E-state index contributed by atoms with van der Waals surface area (Å²) >= 11 is 0. The van der Waals surface area contributed by atoms with E-state index in [0.717, 1.165) is 24.1 Å². The first kappa shape index (κ1) is 13.0. The van der Waals surface area contributed by atoms with Crippen molar-refractivity contribution in [1.82, 2.24) is 5.32 Å². The third-order valence-corrected chi connectivity index (χ3v) is 4.28. The number of ether oxygens (including phenoxy) is 1. The van der Waals surface area contributed by atoms with Gasteiger partial charge < -0.3 is 10.1 Å². The van der Waals surface area contributed by atoms with Crippen LogP contribution in [0.3, 0.4) is 0 Å². The van der Waals surface area contributed by atoms with Crippen molar-refractivity contribution in [2.24, 2.45) is 5.92 Å². The molecule has 19 heavy (non-hydrogen) atoms. The lowest BCUT2D eigenvalue weighted by molar-refractivity contribution is 0.187. The standard InChI is InChI=1S/C17H25NO/c1-2-5-13(12-18-15-8-9-15)10-16-11-14-6-3-4-7-17(14)19-16/h3-4,6-7,13,15-16,18H,2,5,8-12H2,1H3. The van der Waals surface area contributed by atoms with E-state index in [9.17, 15) is 0 Å². The van der Waals surface area contributed by atoms with Crippen LogP contribution in [0.5, 0.6) is 5.75 Å². The molecule has 2 atom stereocenters. The van der Waals surface area contributed by atoms with Crippen LogP contribution in [-0.2, 0) is 6.42 Å². The van der Waals surface area contributed by atoms with Gasteiger partial charge in [0, 0.05) is 12.5 Å². The van der Waals surface area contributed by atoms with Gasteiger partial charge in [0.15, 0.2) is 0 Å². The predicted octanol–water partition coefficient (Wildman–Crippen LogP) is 3.55. The minimum atomic E-state index is 0.398. The van der Waals surface area contributed by atoms with E-state index in [4.69, 9.17) is 4.74 Å². The summed E-state index contributed by atoms with van der Waals surface area (Å²) in [5, 5.41) is 3.68. The molecular formula is C17H25NO. The van der Waals surface area contributed by atoms with Gasteiger partial charge in [0.2, 0.25) is 0 Å². The molecule has 104 valence electrons. The molecule has 1 saturated carbocycles. The third-order valence-electron chi connectivity index (χ3n) is 4.28. The highest BCUT2D eigenvalue weighted by atomic mass is 16.5. The second-order valence-electron chi connectivity index (χ2n) is 6.12. The Balaban J connectivity index is 1.51. The van der Waals surface area contributed by atoms with E-state index in [1.54, 1.807) is 0 Å². The van der Waals surface area contributed by atoms with Crippen LogP contribution < -0.4 is 10.1 Å². The first-order chi connectivity index (χ1) is 9.35. The van der Waals surface area contributed by atoms with Crippen LogP contribution >= 0.6 is 0 Å². The zero-order valence-electron chi connectivity index (χ0n) is 11.9. The fourth-order valence-corrected chi connectivity index (χ4v) is 3.09. The van der Waals surface area contributed by atoms with Gasteiger partial charge >= 0.3 is 0 Å². The molecule has 0 spiro atoms. The Hall–Kier alpha value is -1.02. The monoisotopic (exact) mass is 259 g/mol. The van der Waals surface area contributed by atoms with Gasteiger partial charge in [-0.15, -0.1) is 0 Å². The van der Waals surface area contributed by atoms with Gasteiger partial charge in [0.25, 0.3) is 0 Å². The molecule has 0 saturated heterocycles. The van der Waals surface area contributed by atoms with Gasteiger partial charge in [-0.25, -0.2) is 0 Å². The van der Waals surface area contributed by atoms with E-state index >= 15 is 0 Å². The number of para-hydroxylation sites is 1. The van der Waals surface area contributed by atoms with Gasteiger partial charge in [-0.05, 0) is 49.8 Å². The second-order valence-corrected chi connectivity index (χ2v) is 6.12. The molecule has 0 bridgehead atoms. The van der Waals surface area contributed by atoms with Crippen molar-refractivity contribution >= 4 is 0 Å². The topological polar surface area (TPSA) is 21.3 Å². The van der Waals surface area contributed by atoms with E-state index in [1.807, 2.05) is 0 Å². The summed E-state index contributed by atoms with van der Waals surface area (Å²) in [6, 6.07) is 9.31. The quantitative estimate of drug-likeness (QED) is 0.808. The Bertz CT molecular complexity index is 388. The fraction of sp³-hybridized carbons (Fsp3) is 0.647. The Morgan fingerprint density at radius 2 is 2.16 bits per heavy atom. The Morgan fingerprint density at radius 1 is 1.32 bits per heavy atom. The van der Waals surface area contributed by atoms with Crippen LogP contribution in [0, 0.1) is 5.92 Å². The minimum absolute atomic E-state index is 0.398. The summed E-state index contributed by atoms with van der Waals surface area (Å²) < 4.78 is 6.08. The summed E-state index contributed by atoms with van der Waals surface area (Å²) in [6.45, 7) is 3.46. The molecule has 2 heteroatoms. The van der Waals surface area contributed by atoms with Gasteiger partial charge in [-0.2, -0.15) is 0 Å². The van der Waals surface area contributed by atoms with Crippen LogP contribution in [-0.4, -0.2) is 18.7 Å². The lowest BCUT2D eigenvalue weighted by Crippen LogP contribution is -2.28. The van der Waals surface area contributed by atoms with Crippen LogP contribution in [0.15, 0.2) is 24.3 Å². The molecule has 1 aromatic carbocycles. The number of nitrogens with one attached hydrogen (secondary N) is 1. The zero-order chi connectivity index (χ0) is 13.1. The molecule has 1 aliphatic heterocycles. The molecule has 3 rings (SSSR count). The minimum Gasteiger partial charge on any atom is -0.490 e. The molecule has 1 aromatic rings. The highest BCUT2D eigenvalue weighted by Crippen LogP contribution is 2.31. The van der Waals surface area contributed by atoms with Crippen molar-refractivity contribution in [3.63, 3.8) is 0 Å². The molecule has 0 radical (unpaired) electrons. The Morgan fingerprint density at radius 3 is 2.89 bits per heavy atom. The fourth-order valence-electron chi connectivity index (χ4n) is 3.09. The average Bonchev–Trinajstić information content (AvgIpc) is 3.15. The van der Waals surface area contributed by atoms with E-state index < -0.39 is 0 Å². The highest BCUT2D eigenvalue weighted by molar-refractivity contribution is 5.37. The maximum absolute atomic E-state index is 6.08. The van der Waals surface area contributed by atoms with Gasteiger partial charge in [0.05, 0.1) is 0 Å². The summed E-state index contributed by atoms with van der Waals surface area (Å²) in [5.74, 6) is 1.88. The van der Waals surface area contributed by atoms with Crippen LogP contribution in [0.25, 0.3) is 0 Å². The highest BCUT2D eigenvalue weighted by Gasteiger charge is 2.27. The van der Waals surface area contributed by atoms with Crippen LogP contribution in [0.2, 0.25) is 0 Å². The number of rotatable bonds is 7. The molecule has 2 aliphatic rings. The predicted molar refractivity (Wildman–Crippen MR) is 78.6 cm³/mol. The Labute approximate surface area is 116 Å². The van der Waals surface area contributed by atoms with E-state index in [0.29, 0.717) is 6.10 Å². The zero-order valence-corrected chi connectivity index (χ0v) is 11.9. The number of fused-ring (bicyclic) bond motifs is 1. The second kappa shape index (κ2) is 5.96. The van der Waals surface area contributed by atoms with Crippen molar-refractivity contribution in [3.8, 4) is 5.75 Å². The maximum atomic E-state index is 6.08. The summed E-state index contributed by atoms with van der Waals surface area (Å²) in [6.07, 6.45) is 8.04.